The lowest BCUT2D eigenvalue weighted by Crippen LogP contribution is -2.48. The van der Waals surface area contributed by atoms with E-state index < -0.39 is 12.0 Å². The van der Waals surface area contributed by atoms with Crippen LogP contribution in [-0.2, 0) is 17.8 Å². The molecule has 22 heavy (non-hydrogen) atoms. The molecule has 1 aromatic rings. The molecule has 0 radical (unpaired) electrons. The second kappa shape index (κ2) is 6.55. The van der Waals surface area contributed by atoms with Crippen molar-refractivity contribution in [1.82, 2.24) is 10.2 Å². The lowest BCUT2D eigenvalue weighted by atomic mass is 9.99. The van der Waals surface area contributed by atoms with Gasteiger partial charge in [0, 0.05) is 13.1 Å². The Morgan fingerprint density at radius 2 is 1.82 bits per heavy atom. The van der Waals surface area contributed by atoms with Gasteiger partial charge in [0.25, 0.3) is 0 Å². The molecule has 1 aromatic carbocycles. The molecule has 7 nitrogen and oxygen atoms in total. The van der Waals surface area contributed by atoms with Crippen molar-refractivity contribution in [1.29, 1.82) is 0 Å². The maximum atomic E-state index is 12.1. The van der Waals surface area contributed by atoms with Crippen LogP contribution < -0.4 is 14.8 Å². The predicted molar refractivity (Wildman–Crippen MR) is 79.3 cm³/mol. The van der Waals surface area contributed by atoms with Gasteiger partial charge in [0.05, 0.1) is 14.2 Å². The standard InChI is InChI=1S/C15H20N2O5/c1-9(14(18)19)16-15(20)17-5-4-10-6-12(21-2)13(22-3)7-11(10)8-17/h6-7,9H,4-5,8H2,1-3H3,(H,16,20)(H,18,19)/t9-/m0/s1. The van der Waals surface area contributed by atoms with Gasteiger partial charge in [-0.2, -0.15) is 0 Å². The normalized spacial score (nSPS) is 14.8. The van der Waals surface area contributed by atoms with Crippen LogP contribution in [0.4, 0.5) is 4.79 Å². The number of nitrogens with one attached hydrogen (secondary N) is 1. The minimum absolute atomic E-state index is 0.379. The molecule has 0 fully saturated rings. The molecule has 0 aromatic heterocycles. The molecule has 0 bridgehead atoms. The molecule has 1 heterocycles. The Bertz CT molecular complexity index is 588. The van der Waals surface area contributed by atoms with Crippen LogP contribution in [0.3, 0.4) is 0 Å². The van der Waals surface area contributed by atoms with Crippen LogP contribution in [0.15, 0.2) is 12.1 Å². The van der Waals surface area contributed by atoms with Gasteiger partial charge >= 0.3 is 12.0 Å². The number of hydrogen-bond donors (Lipinski definition) is 2. The molecule has 2 amide bonds. The quantitative estimate of drug-likeness (QED) is 0.874. The van der Waals surface area contributed by atoms with E-state index in [0.29, 0.717) is 31.0 Å². The molecule has 2 N–H and O–H groups in total. The number of urea groups is 1. The second-order valence-electron chi connectivity index (χ2n) is 5.16. The molecule has 0 aliphatic carbocycles. The first-order valence-corrected chi connectivity index (χ1v) is 6.98. The number of hydrogen-bond acceptors (Lipinski definition) is 4. The molecule has 0 unspecified atom stereocenters. The van der Waals surface area contributed by atoms with E-state index in [2.05, 4.69) is 5.32 Å². The lowest BCUT2D eigenvalue weighted by molar-refractivity contribution is -0.138. The van der Waals surface area contributed by atoms with E-state index in [1.807, 2.05) is 12.1 Å². The average molecular weight is 308 g/mol. The first-order chi connectivity index (χ1) is 10.5. The van der Waals surface area contributed by atoms with Crippen molar-refractivity contribution >= 4 is 12.0 Å². The highest BCUT2D eigenvalue weighted by Gasteiger charge is 2.24. The van der Waals surface area contributed by atoms with E-state index in [9.17, 15) is 9.59 Å². The Labute approximate surface area is 128 Å². The first-order valence-electron chi connectivity index (χ1n) is 6.98. The summed E-state index contributed by atoms with van der Waals surface area (Å²) in [6.45, 7) is 2.38. The number of ether oxygens (including phenoxy) is 2. The van der Waals surface area contributed by atoms with E-state index >= 15 is 0 Å². The van der Waals surface area contributed by atoms with Crippen LogP contribution in [0.5, 0.6) is 11.5 Å². The molecular formula is C15H20N2O5. The molecule has 1 aliphatic rings. The van der Waals surface area contributed by atoms with E-state index in [1.54, 1.807) is 19.1 Å². The minimum Gasteiger partial charge on any atom is -0.493 e. The summed E-state index contributed by atoms with van der Waals surface area (Å²) >= 11 is 0. The van der Waals surface area contributed by atoms with Crippen molar-refractivity contribution in [3.8, 4) is 11.5 Å². The largest absolute Gasteiger partial charge is 0.493 e. The van der Waals surface area contributed by atoms with Gasteiger partial charge in [-0.05, 0) is 36.6 Å². The summed E-state index contributed by atoms with van der Waals surface area (Å²) in [5.74, 6) is 0.221. The number of carbonyl (C=O) groups is 2. The van der Waals surface area contributed by atoms with Crippen LogP contribution in [0.1, 0.15) is 18.1 Å². The van der Waals surface area contributed by atoms with Crippen molar-refractivity contribution in [3.63, 3.8) is 0 Å². The molecule has 120 valence electrons. The van der Waals surface area contributed by atoms with Gasteiger partial charge < -0.3 is 24.8 Å². The van der Waals surface area contributed by atoms with Gasteiger partial charge in [-0.1, -0.05) is 0 Å². The molecule has 1 atom stereocenters. The van der Waals surface area contributed by atoms with E-state index in [0.717, 1.165) is 11.1 Å². The van der Waals surface area contributed by atoms with E-state index in [1.165, 1.54) is 6.92 Å². The third kappa shape index (κ3) is 3.24. The topological polar surface area (TPSA) is 88.1 Å². The summed E-state index contributed by atoms with van der Waals surface area (Å²) in [5, 5.41) is 11.3. The second-order valence-corrected chi connectivity index (χ2v) is 5.16. The zero-order valence-electron chi connectivity index (χ0n) is 12.9. The number of nitrogens with zero attached hydrogens (tertiary/aromatic N) is 1. The fourth-order valence-electron chi connectivity index (χ4n) is 2.39. The van der Waals surface area contributed by atoms with Crippen LogP contribution >= 0.6 is 0 Å². The summed E-state index contributed by atoms with van der Waals surface area (Å²) in [7, 11) is 3.15. The Morgan fingerprint density at radius 1 is 1.23 bits per heavy atom. The lowest BCUT2D eigenvalue weighted by Gasteiger charge is -2.30. The first kappa shape index (κ1) is 15.9. The Morgan fingerprint density at radius 3 is 2.36 bits per heavy atom. The van der Waals surface area contributed by atoms with Crippen molar-refractivity contribution in [2.24, 2.45) is 0 Å². The van der Waals surface area contributed by atoms with Gasteiger partial charge in [0.15, 0.2) is 11.5 Å². The molecule has 0 saturated heterocycles. The number of carboxylic acids is 1. The fourth-order valence-corrected chi connectivity index (χ4v) is 2.39. The molecule has 7 heteroatoms. The average Bonchev–Trinajstić information content (AvgIpc) is 2.52. The summed E-state index contributed by atoms with van der Waals surface area (Å²) in [4.78, 5) is 24.5. The highest BCUT2D eigenvalue weighted by Crippen LogP contribution is 2.33. The number of rotatable bonds is 4. The third-order valence-corrected chi connectivity index (χ3v) is 3.72. The molecule has 1 aliphatic heterocycles. The Hall–Kier alpha value is -2.44. The van der Waals surface area contributed by atoms with Crippen molar-refractivity contribution < 1.29 is 24.2 Å². The smallest absolute Gasteiger partial charge is 0.325 e. The third-order valence-electron chi connectivity index (χ3n) is 3.72. The van der Waals surface area contributed by atoms with Crippen LogP contribution in [0, 0.1) is 0 Å². The predicted octanol–water partition coefficient (Wildman–Crippen LogP) is 1.24. The van der Waals surface area contributed by atoms with Gasteiger partial charge in [-0.3, -0.25) is 4.79 Å². The summed E-state index contributed by atoms with van der Waals surface area (Å²) in [6.07, 6.45) is 0.685. The van der Waals surface area contributed by atoms with Gasteiger partial charge in [0.1, 0.15) is 6.04 Å². The number of amides is 2. The summed E-state index contributed by atoms with van der Waals surface area (Å²) < 4.78 is 10.5. The molecule has 0 spiro atoms. The maximum Gasteiger partial charge on any atom is 0.325 e. The zero-order valence-corrected chi connectivity index (χ0v) is 12.9. The molecular weight excluding hydrogens is 288 g/mol. The number of benzene rings is 1. The van der Waals surface area contributed by atoms with Crippen LogP contribution in [0.25, 0.3) is 0 Å². The Balaban J connectivity index is 2.14. The molecule has 0 saturated carbocycles. The van der Waals surface area contributed by atoms with Crippen molar-refractivity contribution in [2.45, 2.75) is 25.9 Å². The van der Waals surface area contributed by atoms with Crippen LogP contribution in [-0.4, -0.2) is 48.8 Å². The maximum absolute atomic E-state index is 12.1. The minimum atomic E-state index is -1.06. The summed E-state index contributed by atoms with van der Waals surface area (Å²) in [5.41, 5.74) is 2.08. The van der Waals surface area contributed by atoms with Gasteiger partial charge in [0.2, 0.25) is 0 Å². The number of carbonyl (C=O) groups excluding carboxylic acids is 1. The number of fused-ring (bicyclic) bond motifs is 1. The van der Waals surface area contributed by atoms with E-state index in [4.69, 9.17) is 14.6 Å². The number of aliphatic carboxylic acids is 1. The van der Waals surface area contributed by atoms with Crippen molar-refractivity contribution in [3.05, 3.63) is 23.3 Å². The zero-order chi connectivity index (χ0) is 16.3. The van der Waals surface area contributed by atoms with E-state index in [-0.39, 0.29) is 6.03 Å². The summed E-state index contributed by atoms with van der Waals surface area (Å²) in [6, 6.07) is 2.48. The van der Waals surface area contributed by atoms with Crippen LogP contribution in [0.2, 0.25) is 0 Å². The fraction of sp³-hybridized carbons (Fsp3) is 0.467. The van der Waals surface area contributed by atoms with Gasteiger partial charge in [-0.15, -0.1) is 0 Å². The van der Waals surface area contributed by atoms with Gasteiger partial charge in [-0.25, -0.2) is 4.79 Å². The number of carboxylic acid groups (broad SMARTS) is 1. The van der Waals surface area contributed by atoms with Crippen molar-refractivity contribution in [2.75, 3.05) is 20.8 Å². The Kier molecular flexibility index (Phi) is 4.75. The highest BCUT2D eigenvalue weighted by molar-refractivity contribution is 5.82. The highest BCUT2D eigenvalue weighted by atomic mass is 16.5. The SMILES string of the molecule is COc1cc2c(cc1OC)CN(C(=O)N[C@@H](C)C(=O)O)CC2. The number of methoxy groups -OCH3 is 2. The molecule has 2 rings (SSSR count). The monoisotopic (exact) mass is 308 g/mol.